The molecule has 0 unspecified atom stereocenters. The van der Waals surface area contributed by atoms with E-state index in [1.807, 2.05) is 30.0 Å². The van der Waals surface area contributed by atoms with Gasteiger partial charge in [-0.3, -0.25) is 9.56 Å². The Balaban J connectivity index is 0.00000280. The zero-order valence-electron chi connectivity index (χ0n) is 16.9. The second-order valence-corrected chi connectivity index (χ2v) is 7.24. The zero-order chi connectivity index (χ0) is 19.1. The number of rotatable bonds is 8. The smallest absolute Gasteiger partial charge is 0.191 e. The van der Waals surface area contributed by atoms with E-state index in [9.17, 15) is 0 Å². The van der Waals surface area contributed by atoms with Gasteiger partial charge in [-0.1, -0.05) is 12.5 Å². The molecule has 0 atom stereocenters. The minimum absolute atomic E-state index is 0. The number of guanidine groups is 1. The number of ether oxygens (including phenoxy) is 1. The molecule has 0 aromatic carbocycles. The summed E-state index contributed by atoms with van der Waals surface area (Å²) in [6.45, 7) is 4.41. The summed E-state index contributed by atoms with van der Waals surface area (Å²) < 4.78 is 7.24. The van der Waals surface area contributed by atoms with Crippen LogP contribution in [0, 0.1) is 12.3 Å². The molecule has 1 saturated carbocycles. The van der Waals surface area contributed by atoms with Gasteiger partial charge in [0.05, 0.1) is 0 Å². The van der Waals surface area contributed by atoms with Gasteiger partial charge in [-0.2, -0.15) is 0 Å². The molecular formula is C20H31IN6O. The molecule has 8 heteroatoms. The van der Waals surface area contributed by atoms with E-state index in [2.05, 4.69) is 31.7 Å². The van der Waals surface area contributed by atoms with Crippen LogP contribution < -0.4 is 10.6 Å². The Morgan fingerprint density at radius 1 is 1.29 bits per heavy atom. The summed E-state index contributed by atoms with van der Waals surface area (Å²) in [5.41, 5.74) is 1.47. The predicted molar refractivity (Wildman–Crippen MR) is 122 cm³/mol. The van der Waals surface area contributed by atoms with E-state index in [4.69, 9.17) is 4.74 Å². The fourth-order valence-electron chi connectivity index (χ4n) is 3.47. The van der Waals surface area contributed by atoms with Gasteiger partial charge in [-0.15, -0.1) is 24.0 Å². The van der Waals surface area contributed by atoms with Crippen LogP contribution in [0.15, 0.2) is 35.7 Å². The highest BCUT2D eigenvalue weighted by atomic mass is 127. The molecule has 1 aliphatic rings. The van der Waals surface area contributed by atoms with Crippen LogP contribution in [0.25, 0.3) is 5.82 Å². The predicted octanol–water partition coefficient (Wildman–Crippen LogP) is 3.07. The first-order chi connectivity index (χ1) is 13.2. The number of aliphatic imine (C=N–C) groups is 1. The molecule has 1 fully saturated rings. The number of imidazole rings is 1. The van der Waals surface area contributed by atoms with Crippen LogP contribution in [0.5, 0.6) is 0 Å². The van der Waals surface area contributed by atoms with Crippen LogP contribution in [0.3, 0.4) is 0 Å². The molecule has 0 bridgehead atoms. The van der Waals surface area contributed by atoms with E-state index in [0.717, 1.165) is 42.7 Å². The second-order valence-electron chi connectivity index (χ2n) is 7.24. The third-order valence-corrected chi connectivity index (χ3v) is 5.45. The zero-order valence-corrected chi connectivity index (χ0v) is 19.3. The molecule has 2 aromatic rings. The van der Waals surface area contributed by atoms with Crippen molar-refractivity contribution in [2.24, 2.45) is 10.4 Å². The Kier molecular flexibility index (Phi) is 8.68. The van der Waals surface area contributed by atoms with Crippen molar-refractivity contribution in [3.05, 3.63) is 42.1 Å². The van der Waals surface area contributed by atoms with E-state index in [1.165, 1.54) is 19.3 Å². The number of aromatic nitrogens is 3. The van der Waals surface area contributed by atoms with Crippen molar-refractivity contribution in [1.82, 2.24) is 25.2 Å². The molecule has 0 spiro atoms. The maximum Gasteiger partial charge on any atom is 0.191 e. The van der Waals surface area contributed by atoms with Gasteiger partial charge in [0.15, 0.2) is 5.96 Å². The fraction of sp³-hybridized carbons (Fsp3) is 0.550. The van der Waals surface area contributed by atoms with Crippen LogP contribution in [0.4, 0.5) is 0 Å². The molecule has 2 heterocycles. The van der Waals surface area contributed by atoms with Crippen LogP contribution in [0.2, 0.25) is 0 Å². The summed E-state index contributed by atoms with van der Waals surface area (Å²) in [5, 5.41) is 6.86. The Morgan fingerprint density at radius 2 is 2.11 bits per heavy atom. The molecule has 0 aliphatic heterocycles. The van der Waals surface area contributed by atoms with Crippen molar-refractivity contribution >= 4 is 29.9 Å². The third kappa shape index (κ3) is 5.66. The minimum atomic E-state index is 0. The van der Waals surface area contributed by atoms with Crippen molar-refractivity contribution in [3.63, 3.8) is 0 Å². The molecule has 1 aliphatic carbocycles. The number of halogens is 1. The van der Waals surface area contributed by atoms with Gasteiger partial charge in [0.25, 0.3) is 0 Å². The molecule has 154 valence electrons. The van der Waals surface area contributed by atoms with Crippen molar-refractivity contribution < 1.29 is 4.74 Å². The summed E-state index contributed by atoms with van der Waals surface area (Å²) >= 11 is 0. The summed E-state index contributed by atoms with van der Waals surface area (Å²) in [7, 11) is 3.58. The highest BCUT2D eigenvalue weighted by Gasteiger charge is 2.36. The summed E-state index contributed by atoms with van der Waals surface area (Å²) in [6.07, 6.45) is 10.5. The highest BCUT2D eigenvalue weighted by Crippen LogP contribution is 2.43. The summed E-state index contributed by atoms with van der Waals surface area (Å²) in [6, 6.07) is 4.09. The molecule has 0 saturated heterocycles. The van der Waals surface area contributed by atoms with E-state index < -0.39 is 0 Å². The lowest BCUT2D eigenvalue weighted by Gasteiger charge is -2.42. The van der Waals surface area contributed by atoms with Crippen molar-refractivity contribution in [2.45, 2.75) is 39.2 Å². The van der Waals surface area contributed by atoms with Crippen LogP contribution in [0.1, 0.15) is 37.1 Å². The molecular weight excluding hydrogens is 467 g/mol. The number of hydrogen-bond acceptors (Lipinski definition) is 4. The Bertz CT molecular complexity index is 754. The van der Waals surface area contributed by atoms with Gasteiger partial charge in [0.2, 0.25) is 0 Å². The van der Waals surface area contributed by atoms with Crippen molar-refractivity contribution in [3.8, 4) is 5.82 Å². The normalized spacial score (nSPS) is 15.5. The number of pyridine rings is 1. The first kappa shape index (κ1) is 22.6. The molecule has 0 radical (unpaired) electrons. The van der Waals surface area contributed by atoms with Crippen molar-refractivity contribution in [2.75, 3.05) is 27.3 Å². The molecule has 2 N–H and O–H groups in total. The number of hydrogen-bond donors (Lipinski definition) is 2. The molecule has 0 amide bonds. The lowest BCUT2D eigenvalue weighted by Crippen LogP contribution is -2.46. The fourth-order valence-corrected chi connectivity index (χ4v) is 3.47. The van der Waals surface area contributed by atoms with Gasteiger partial charge >= 0.3 is 0 Å². The standard InChI is InChI=1S/C20H30N6O.HI/c1-16-22-10-11-26(16)18-6-5-17(13-23-18)14-24-19(21-2)25-15-20(7-4-8-20)9-12-27-3;/h5-6,10-11,13H,4,7-9,12,14-15H2,1-3H3,(H2,21,24,25);1H. The topological polar surface area (TPSA) is 76.4 Å². The number of aryl methyl sites for hydroxylation is 1. The van der Waals surface area contributed by atoms with Crippen LogP contribution in [-0.2, 0) is 11.3 Å². The Labute approximate surface area is 184 Å². The maximum atomic E-state index is 5.27. The third-order valence-electron chi connectivity index (χ3n) is 5.45. The highest BCUT2D eigenvalue weighted by molar-refractivity contribution is 14.0. The van der Waals surface area contributed by atoms with Gasteiger partial charge < -0.3 is 15.4 Å². The summed E-state index contributed by atoms with van der Waals surface area (Å²) in [4.78, 5) is 13.1. The SMILES string of the molecule is CN=C(NCc1ccc(-n2ccnc2C)nc1)NCC1(CCOC)CCC1.I. The monoisotopic (exact) mass is 498 g/mol. The minimum Gasteiger partial charge on any atom is -0.385 e. The summed E-state index contributed by atoms with van der Waals surface area (Å²) in [5.74, 6) is 2.63. The number of nitrogens with zero attached hydrogens (tertiary/aromatic N) is 4. The molecule has 7 nitrogen and oxygen atoms in total. The van der Waals surface area contributed by atoms with E-state index in [-0.39, 0.29) is 24.0 Å². The maximum absolute atomic E-state index is 5.27. The van der Waals surface area contributed by atoms with Crippen LogP contribution in [-0.4, -0.2) is 47.8 Å². The van der Waals surface area contributed by atoms with Crippen LogP contribution >= 0.6 is 24.0 Å². The lowest BCUT2D eigenvalue weighted by molar-refractivity contribution is 0.0732. The van der Waals surface area contributed by atoms with Crippen molar-refractivity contribution in [1.29, 1.82) is 0 Å². The number of methoxy groups -OCH3 is 1. The lowest BCUT2D eigenvalue weighted by atomic mass is 9.67. The van der Waals surface area contributed by atoms with Gasteiger partial charge in [0, 0.05) is 52.4 Å². The number of nitrogens with one attached hydrogen (secondary N) is 2. The van der Waals surface area contributed by atoms with Gasteiger partial charge in [0.1, 0.15) is 11.6 Å². The average molecular weight is 498 g/mol. The second kappa shape index (κ2) is 10.8. The first-order valence-corrected chi connectivity index (χ1v) is 9.54. The van der Waals surface area contributed by atoms with Gasteiger partial charge in [-0.25, -0.2) is 9.97 Å². The molecule has 28 heavy (non-hydrogen) atoms. The largest absolute Gasteiger partial charge is 0.385 e. The van der Waals surface area contributed by atoms with Gasteiger partial charge in [-0.05, 0) is 43.2 Å². The molecule has 2 aromatic heterocycles. The van der Waals surface area contributed by atoms with E-state index >= 15 is 0 Å². The molecule has 3 rings (SSSR count). The Morgan fingerprint density at radius 3 is 2.64 bits per heavy atom. The Hall–Kier alpha value is -1.68. The van der Waals surface area contributed by atoms with E-state index in [0.29, 0.717) is 12.0 Å². The average Bonchev–Trinajstić information content (AvgIpc) is 3.09. The quantitative estimate of drug-likeness (QED) is 0.333. The van der Waals surface area contributed by atoms with E-state index in [1.54, 1.807) is 20.4 Å². The first-order valence-electron chi connectivity index (χ1n) is 9.54.